The van der Waals surface area contributed by atoms with Crippen molar-refractivity contribution in [3.8, 4) is 0 Å². The standard InChI is InChI=1S/C13H17N/c1-9-11-5-2-4-10(11)8-13-12(9)6-3-7-14-13/h8,14H,2-7H2,1H3. The summed E-state index contributed by atoms with van der Waals surface area (Å²) >= 11 is 0. The van der Waals surface area contributed by atoms with Crippen LogP contribution in [0.3, 0.4) is 0 Å². The highest BCUT2D eigenvalue weighted by molar-refractivity contribution is 5.62. The Morgan fingerprint density at radius 1 is 1.07 bits per heavy atom. The van der Waals surface area contributed by atoms with E-state index in [1.165, 1.54) is 37.8 Å². The fraction of sp³-hybridized carbons (Fsp3) is 0.538. The lowest BCUT2D eigenvalue weighted by atomic mass is 9.92. The highest BCUT2D eigenvalue weighted by Gasteiger charge is 2.20. The van der Waals surface area contributed by atoms with Gasteiger partial charge in [0.2, 0.25) is 0 Å². The van der Waals surface area contributed by atoms with Gasteiger partial charge in [-0.25, -0.2) is 0 Å². The van der Waals surface area contributed by atoms with Gasteiger partial charge in [0.1, 0.15) is 0 Å². The van der Waals surface area contributed by atoms with Gasteiger partial charge in [0, 0.05) is 12.2 Å². The minimum absolute atomic E-state index is 1.16. The van der Waals surface area contributed by atoms with Gasteiger partial charge in [0.15, 0.2) is 0 Å². The predicted octanol–water partition coefficient (Wildman–Crippen LogP) is 2.84. The third-order valence-electron chi connectivity index (χ3n) is 3.73. The van der Waals surface area contributed by atoms with Gasteiger partial charge in [0.25, 0.3) is 0 Å². The van der Waals surface area contributed by atoms with Gasteiger partial charge in [-0.3, -0.25) is 0 Å². The van der Waals surface area contributed by atoms with Gasteiger partial charge >= 0.3 is 0 Å². The minimum atomic E-state index is 1.16. The fourth-order valence-corrected chi connectivity index (χ4v) is 2.97. The first-order valence-corrected chi connectivity index (χ1v) is 5.74. The third-order valence-corrected chi connectivity index (χ3v) is 3.73. The Morgan fingerprint density at radius 3 is 2.86 bits per heavy atom. The van der Waals surface area contributed by atoms with E-state index in [1.54, 1.807) is 22.3 Å². The molecule has 1 nitrogen and oxygen atoms in total. The maximum absolute atomic E-state index is 3.53. The average Bonchev–Trinajstić information content (AvgIpc) is 2.66. The molecule has 1 aliphatic carbocycles. The molecule has 0 bridgehead atoms. The molecule has 74 valence electrons. The lowest BCUT2D eigenvalue weighted by Crippen LogP contribution is -2.14. The Kier molecular flexibility index (Phi) is 1.79. The first-order chi connectivity index (χ1) is 6.86. The van der Waals surface area contributed by atoms with Crippen molar-refractivity contribution in [1.29, 1.82) is 0 Å². The maximum atomic E-state index is 3.53. The summed E-state index contributed by atoms with van der Waals surface area (Å²) in [5, 5.41) is 3.53. The van der Waals surface area contributed by atoms with Crippen LogP contribution in [0.2, 0.25) is 0 Å². The van der Waals surface area contributed by atoms with E-state index >= 15 is 0 Å². The molecule has 14 heavy (non-hydrogen) atoms. The van der Waals surface area contributed by atoms with Gasteiger partial charge in [0.05, 0.1) is 0 Å². The second-order valence-electron chi connectivity index (χ2n) is 4.55. The summed E-state index contributed by atoms with van der Waals surface area (Å²) in [6.45, 7) is 3.47. The quantitative estimate of drug-likeness (QED) is 0.658. The highest BCUT2D eigenvalue weighted by atomic mass is 14.9. The van der Waals surface area contributed by atoms with E-state index in [9.17, 15) is 0 Å². The van der Waals surface area contributed by atoms with Crippen LogP contribution in [0.5, 0.6) is 0 Å². The zero-order valence-corrected chi connectivity index (χ0v) is 8.82. The van der Waals surface area contributed by atoms with Crippen molar-refractivity contribution in [2.24, 2.45) is 0 Å². The molecular formula is C13H17N. The predicted molar refractivity (Wildman–Crippen MR) is 60.0 cm³/mol. The molecule has 1 aliphatic heterocycles. The van der Waals surface area contributed by atoms with Gasteiger partial charge in [-0.2, -0.15) is 0 Å². The van der Waals surface area contributed by atoms with Crippen LogP contribution in [0, 0.1) is 6.92 Å². The molecular weight excluding hydrogens is 170 g/mol. The van der Waals surface area contributed by atoms with Crippen molar-refractivity contribution in [3.05, 3.63) is 28.3 Å². The zero-order valence-electron chi connectivity index (χ0n) is 8.82. The van der Waals surface area contributed by atoms with E-state index in [-0.39, 0.29) is 0 Å². The average molecular weight is 187 g/mol. The molecule has 0 aromatic heterocycles. The van der Waals surface area contributed by atoms with Crippen LogP contribution in [0.25, 0.3) is 0 Å². The molecule has 0 radical (unpaired) electrons. The van der Waals surface area contributed by atoms with Crippen LogP contribution in [-0.2, 0) is 19.3 Å². The molecule has 2 aliphatic rings. The lowest BCUT2D eigenvalue weighted by molar-refractivity contribution is 0.820. The SMILES string of the molecule is Cc1c2c(cc3c1CCCN3)CCC2. The molecule has 1 N–H and O–H groups in total. The van der Waals surface area contributed by atoms with Crippen LogP contribution >= 0.6 is 0 Å². The number of hydrogen-bond acceptors (Lipinski definition) is 1. The number of aryl methyl sites for hydroxylation is 1. The molecule has 1 aromatic rings. The van der Waals surface area contributed by atoms with E-state index in [1.807, 2.05) is 0 Å². The van der Waals surface area contributed by atoms with Crippen LogP contribution < -0.4 is 5.32 Å². The van der Waals surface area contributed by atoms with Gasteiger partial charge in [-0.15, -0.1) is 0 Å². The number of anilines is 1. The molecule has 0 amide bonds. The smallest absolute Gasteiger partial charge is 0.0378 e. The van der Waals surface area contributed by atoms with Gasteiger partial charge in [-0.1, -0.05) is 0 Å². The van der Waals surface area contributed by atoms with Crippen LogP contribution in [0.1, 0.15) is 35.1 Å². The van der Waals surface area contributed by atoms with Crippen molar-refractivity contribution < 1.29 is 0 Å². The van der Waals surface area contributed by atoms with E-state index in [4.69, 9.17) is 0 Å². The van der Waals surface area contributed by atoms with Crippen LogP contribution in [0.4, 0.5) is 5.69 Å². The molecule has 0 fully saturated rings. The first-order valence-electron chi connectivity index (χ1n) is 5.74. The van der Waals surface area contributed by atoms with Crippen molar-refractivity contribution >= 4 is 5.69 Å². The molecule has 0 saturated carbocycles. The number of benzene rings is 1. The molecule has 0 saturated heterocycles. The van der Waals surface area contributed by atoms with Gasteiger partial charge < -0.3 is 5.32 Å². The van der Waals surface area contributed by atoms with Crippen molar-refractivity contribution in [1.82, 2.24) is 0 Å². The number of nitrogens with one attached hydrogen (secondary N) is 1. The van der Waals surface area contributed by atoms with E-state index in [2.05, 4.69) is 18.3 Å². The first kappa shape index (κ1) is 8.34. The largest absolute Gasteiger partial charge is 0.385 e. The molecule has 1 heteroatoms. The van der Waals surface area contributed by atoms with Crippen molar-refractivity contribution in [3.63, 3.8) is 0 Å². The summed E-state index contributed by atoms with van der Waals surface area (Å²) in [6, 6.07) is 2.41. The Balaban J connectivity index is 2.20. The Morgan fingerprint density at radius 2 is 1.93 bits per heavy atom. The van der Waals surface area contributed by atoms with E-state index in [0.29, 0.717) is 0 Å². The maximum Gasteiger partial charge on any atom is 0.0378 e. The van der Waals surface area contributed by atoms with Crippen molar-refractivity contribution in [2.75, 3.05) is 11.9 Å². The molecule has 0 spiro atoms. The second kappa shape index (κ2) is 3.01. The van der Waals surface area contributed by atoms with Crippen LogP contribution in [0.15, 0.2) is 6.07 Å². The monoisotopic (exact) mass is 187 g/mol. The topological polar surface area (TPSA) is 12.0 Å². The summed E-state index contributed by atoms with van der Waals surface area (Å²) in [7, 11) is 0. The summed E-state index contributed by atoms with van der Waals surface area (Å²) in [6.07, 6.45) is 6.55. The van der Waals surface area contributed by atoms with E-state index in [0.717, 1.165) is 6.54 Å². The summed E-state index contributed by atoms with van der Waals surface area (Å²) < 4.78 is 0. The summed E-state index contributed by atoms with van der Waals surface area (Å²) in [5.74, 6) is 0. The lowest BCUT2D eigenvalue weighted by Gasteiger charge is -2.22. The van der Waals surface area contributed by atoms with Gasteiger partial charge in [-0.05, 0) is 67.3 Å². The Labute approximate surface area is 85.5 Å². The normalized spacial score (nSPS) is 18.6. The molecule has 0 unspecified atom stereocenters. The van der Waals surface area contributed by atoms with E-state index < -0.39 is 0 Å². The van der Waals surface area contributed by atoms with Crippen LogP contribution in [-0.4, -0.2) is 6.54 Å². The molecule has 1 heterocycles. The number of hydrogen-bond donors (Lipinski definition) is 1. The Hall–Kier alpha value is -0.980. The number of rotatable bonds is 0. The molecule has 1 aromatic carbocycles. The second-order valence-corrected chi connectivity index (χ2v) is 4.55. The fourth-order valence-electron chi connectivity index (χ4n) is 2.97. The molecule has 0 atom stereocenters. The van der Waals surface area contributed by atoms with Crippen molar-refractivity contribution in [2.45, 2.75) is 39.0 Å². The summed E-state index contributed by atoms with van der Waals surface area (Å²) in [4.78, 5) is 0. The third kappa shape index (κ3) is 1.08. The number of fused-ring (bicyclic) bond motifs is 2. The minimum Gasteiger partial charge on any atom is -0.385 e. The molecule has 3 rings (SSSR count). The summed E-state index contributed by atoms with van der Waals surface area (Å²) in [5.41, 5.74) is 7.87. The Bertz CT molecular complexity index is 379. The zero-order chi connectivity index (χ0) is 9.54. The highest BCUT2D eigenvalue weighted by Crippen LogP contribution is 2.34.